The molecule has 0 radical (unpaired) electrons. The van der Waals surface area contributed by atoms with Crippen molar-refractivity contribution in [2.24, 2.45) is 0 Å². The van der Waals surface area contributed by atoms with Gasteiger partial charge >= 0.3 is 0 Å². The molecule has 25 heavy (non-hydrogen) atoms. The molecule has 0 amide bonds. The molecule has 0 N–H and O–H groups in total. The van der Waals surface area contributed by atoms with Crippen molar-refractivity contribution >= 4 is 33.3 Å². The molecule has 0 spiro atoms. The van der Waals surface area contributed by atoms with E-state index in [0.717, 1.165) is 41.4 Å². The van der Waals surface area contributed by atoms with Gasteiger partial charge in [-0.2, -0.15) is 0 Å². The maximum absolute atomic E-state index is 5.41. The van der Waals surface area contributed by atoms with Crippen molar-refractivity contribution in [2.75, 3.05) is 37.0 Å². The smallest absolute Gasteiger partial charge is 0.133 e. The normalized spacial score (nSPS) is 11.3. The third kappa shape index (κ3) is 3.20. The molecule has 0 aliphatic rings. The van der Waals surface area contributed by atoms with Crippen LogP contribution >= 0.6 is 0 Å². The Morgan fingerprint density at radius 1 is 0.680 bits per heavy atom. The van der Waals surface area contributed by atoms with Crippen molar-refractivity contribution in [3.63, 3.8) is 0 Å². The zero-order valence-electron chi connectivity index (χ0n) is 14.6. The van der Waals surface area contributed by atoms with Gasteiger partial charge in [-0.15, -0.1) is 0 Å². The van der Waals surface area contributed by atoms with Gasteiger partial charge in [0.2, 0.25) is 0 Å². The van der Waals surface area contributed by atoms with E-state index in [1.807, 2.05) is 24.3 Å². The molecule has 0 bridgehead atoms. The Bertz CT molecular complexity index is 906. The molecule has 0 aliphatic carbocycles. The number of hydrogen-bond acceptors (Lipinski definition) is 4. The van der Waals surface area contributed by atoms with Crippen LogP contribution in [0.25, 0.3) is 21.9 Å². The summed E-state index contributed by atoms with van der Waals surface area (Å²) in [6.07, 6.45) is 4.56. The first-order valence-corrected chi connectivity index (χ1v) is 8.57. The van der Waals surface area contributed by atoms with Crippen LogP contribution in [0.1, 0.15) is 6.42 Å². The van der Waals surface area contributed by atoms with Crippen molar-refractivity contribution in [3.8, 4) is 0 Å². The quantitative estimate of drug-likeness (QED) is 0.489. The molecule has 2 heterocycles. The summed E-state index contributed by atoms with van der Waals surface area (Å²) in [6.45, 7) is 2.00. The predicted octanol–water partition coefficient (Wildman–Crippen LogP) is 5.14. The average molecular weight is 334 g/mol. The van der Waals surface area contributed by atoms with Crippen molar-refractivity contribution in [3.05, 3.63) is 61.1 Å². The van der Waals surface area contributed by atoms with Crippen LogP contribution < -0.4 is 9.80 Å². The van der Waals surface area contributed by atoms with Gasteiger partial charge in [0.1, 0.15) is 11.2 Å². The predicted molar refractivity (Wildman–Crippen MR) is 104 cm³/mol. The molecular formula is C21H22N2O2. The zero-order valence-corrected chi connectivity index (χ0v) is 14.6. The van der Waals surface area contributed by atoms with Crippen LogP contribution in [0.3, 0.4) is 0 Å². The highest BCUT2D eigenvalue weighted by Crippen LogP contribution is 2.24. The lowest BCUT2D eigenvalue weighted by molar-refractivity contribution is 0.615. The summed E-state index contributed by atoms with van der Waals surface area (Å²) < 4.78 is 10.8. The van der Waals surface area contributed by atoms with Crippen LogP contribution in [-0.2, 0) is 0 Å². The molecule has 0 aliphatic heterocycles. The standard InChI is InChI=1S/C21H22N2O2/c1-22(18-4-6-20-16(14-18)8-12-24-20)10-3-11-23(2)19-5-7-21-17(15-19)9-13-25-21/h4-9,12-15H,3,10-11H2,1-2H3. The van der Waals surface area contributed by atoms with Crippen molar-refractivity contribution < 1.29 is 8.83 Å². The van der Waals surface area contributed by atoms with E-state index in [4.69, 9.17) is 8.83 Å². The lowest BCUT2D eigenvalue weighted by atomic mass is 10.2. The highest BCUT2D eigenvalue weighted by atomic mass is 16.3. The molecule has 0 atom stereocenters. The first-order chi connectivity index (χ1) is 12.2. The van der Waals surface area contributed by atoms with Crippen molar-refractivity contribution in [2.45, 2.75) is 6.42 Å². The summed E-state index contributed by atoms with van der Waals surface area (Å²) in [5.74, 6) is 0. The fraction of sp³-hybridized carbons (Fsp3) is 0.238. The van der Waals surface area contributed by atoms with Crippen molar-refractivity contribution in [1.82, 2.24) is 0 Å². The van der Waals surface area contributed by atoms with Crippen LogP contribution in [0.15, 0.2) is 69.9 Å². The lowest BCUT2D eigenvalue weighted by Gasteiger charge is -2.23. The first-order valence-electron chi connectivity index (χ1n) is 8.57. The fourth-order valence-electron chi connectivity index (χ4n) is 3.19. The van der Waals surface area contributed by atoms with E-state index in [1.165, 1.54) is 11.4 Å². The van der Waals surface area contributed by atoms with E-state index >= 15 is 0 Å². The largest absolute Gasteiger partial charge is 0.464 e. The van der Waals surface area contributed by atoms with E-state index in [2.05, 4.69) is 48.2 Å². The number of furan rings is 2. The highest BCUT2D eigenvalue weighted by molar-refractivity contribution is 5.82. The molecule has 4 rings (SSSR count). The first kappa shape index (κ1) is 15.6. The van der Waals surface area contributed by atoms with E-state index in [9.17, 15) is 0 Å². The minimum Gasteiger partial charge on any atom is -0.464 e. The van der Waals surface area contributed by atoms with Gasteiger partial charge in [0, 0.05) is 49.3 Å². The highest BCUT2D eigenvalue weighted by Gasteiger charge is 2.07. The van der Waals surface area contributed by atoms with E-state index in [-0.39, 0.29) is 0 Å². The average Bonchev–Trinajstić information content (AvgIpc) is 3.28. The molecule has 0 saturated carbocycles. The van der Waals surface area contributed by atoms with Crippen LogP contribution in [-0.4, -0.2) is 27.2 Å². The molecule has 0 unspecified atom stereocenters. The summed E-state index contributed by atoms with van der Waals surface area (Å²) in [6, 6.07) is 16.7. The third-order valence-electron chi connectivity index (χ3n) is 4.74. The van der Waals surface area contributed by atoms with Gasteiger partial charge in [0.25, 0.3) is 0 Å². The van der Waals surface area contributed by atoms with Gasteiger partial charge in [0.15, 0.2) is 0 Å². The second-order valence-corrected chi connectivity index (χ2v) is 6.48. The van der Waals surface area contributed by atoms with Crippen LogP contribution in [0.2, 0.25) is 0 Å². The summed E-state index contributed by atoms with van der Waals surface area (Å²) in [7, 11) is 4.28. The topological polar surface area (TPSA) is 32.8 Å². The molecule has 2 aromatic heterocycles. The fourth-order valence-corrected chi connectivity index (χ4v) is 3.19. The summed E-state index contributed by atoms with van der Waals surface area (Å²) >= 11 is 0. The summed E-state index contributed by atoms with van der Waals surface area (Å²) in [5.41, 5.74) is 4.31. The molecule has 0 fully saturated rings. The second kappa shape index (κ2) is 6.55. The number of fused-ring (bicyclic) bond motifs is 2. The Balaban J connectivity index is 1.35. The minimum absolute atomic E-state index is 0.937. The number of benzene rings is 2. The molecule has 4 heteroatoms. The number of anilines is 2. The molecule has 2 aromatic carbocycles. The minimum atomic E-state index is 0.937. The van der Waals surface area contributed by atoms with Gasteiger partial charge < -0.3 is 18.6 Å². The van der Waals surface area contributed by atoms with Gasteiger partial charge in [0.05, 0.1) is 12.5 Å². The lowest BCUT2D eigenvalue weighted by Crippen LogP contribution is -2.25. The second-order valence-electron chi connectivity index (χ2n) is 6.48. The van der Waals surface area contributed by atoms with Crippen LogP contribution in [0, 0.1) is 0 Å². The Morgan fingerprint density at radius 2 is 1.16 bits per heavy atom. The number of nitrogens with zero attached hydrogens (tertiary/aromatic N) is 2. The molecule has 4 aromatic rings. The SMILES string of the molecule is CN(CCCN(C)c1ccc2occc2c1)c1ccc2occc2c1. The number of hydrogen-bond donors (Lipinski definition) is 0. The Labute approximate surface area is 147 Å². The maximum Gasteiger partial charge on any atom is 0.133 e. The summed E-state index contributed by atoms with van der Waals surface area (Å²) in [4.78, 5) is 4.58. The summed E-state index contributed by atoms with van der Waals surface area (Å²) in [5, 5.41) is 2.30. The molecular weight excluding hydrogens is 312 g/mol. The Hall–Kier alpha value is -2.88. The molecule has 0 saturated heterocycles. The molecule has 4 nitrogen and oxygen atoms in total. The van der Waals surface area contributed by atoms with Gasteiger partial charge in [-0.3, -0.25) is 0 Å². The van der Waals surface area contributed by atoms with E-state index < -0.39 is 0 Å². The van der Waals surface area contributed by atoms with Crippen LogP contribution in [0.4, 0.5) is 11.4 Å². The zero-order chi connectivity index (χ0) is 17.2. The monoisotopic (exact) mass is 334 g/mol. The Morgan fingerprint density at radius 3 is 1.64 bits per heavy atom. The van der Waals surface area contributed by atoms with E-state index in [0.29, 0.717) is 0 Å². The third-order valence-corrected chi connectivity index (χ3v) is 4.74. The molecule has 128 valence electrons. The van der Waals surface area contributed by atoms with Gasteiger partial charge in [-0.25, -0.2) is 0 Å². The van der Waals surface area contributed by atoms with E-state index in [1.54, 1.807) is 12.5 Å². The van der Waals surface area contributed by atoms with Gasteiger partial charge in [-0.1, -0.05) is 0 Å². The van der Waals surface area contributed by atoms with Crippen LogP contribution in [0.5, 0.6) is 0 Å². The van der Waals surface area contributed by atoms with Gasteiger partial charge in [-0.05, 0) is 55.0 Å². The maximum atomic E-state index is 5.41. The number of rotatable bonds is 6. The Kier molecular flexibility index (Phi) is 4.10. The van der Waals surface area contributed by atoms with Crippen molar-refractivity contribution in [1.29, 1.82) is 0 Å².